The monoisotopic (exact) mass is 278 g/mol. The SMILES string of the molecule is CCc1ccc(CC)c(C(Cl)c2sccc2C)c1. The van der Waals surface area contributed by atoms with Gasteiger partial charge in [-0.3, -0.25) is 0 Å². The summed E-state index contributed by atoms with van der Waals surface area (Å²) < 4.78 is 0. The lowest BCUT2D eigenvalue weighted by Gasteiger charge is -2.15. The van der Waals surface area contributed by atoms with Crippen LogP contribution in [0.1, 0.15) is 46.4 Å². The molecule has 1 atom stereocenters. The van der Waals surface area contributed by atoms with Crippen LogP contribution >= 0.6 is 22.9 Å². The number of thiophene rings is 1. The minimum Gasteiger partial charge on any atom is -0.147 e. The Kier molecular flexibility index (Phi) is 4.47. The van der Waals surface area contributed by atoms with Gasteiger partial charge in [-0.15, -0.1) is 22.9 Å². The number of halogens is 1. The van der Waals surface area contributed by atoms with Gasteiger partial charge in [-0.1, -0.05) is 32.0 Å². The summed E-state index contributed by atoms with van der Waals surface area (Å²) in [5.41, 5.74) is 5.30. The first kappa shape index (κ1) is 13.6. The molecule has 0 spiro atoms. The molecule has 1 aromatic carbocycles. The molecule has 2 aromatic rings. The molecular weight excluding hydrogens is 260 g/mol. The zero-order valence-corrected chi connectivity index (χ0v) is 12.7. The van der Waals surface area contributed by atoms with Gasteiger partial charge in [0.1, 0.15) is 0 Å². The summed E-state index contributed by atoms with van der Waals surface area (Å²) in [5.74, 6) is 0. The average molecular weight is 279 g/mol. The Bertz CT molecular complexity index is 528. The molecule has 2 heteroatoms. The Balaban J connectivity index is 2.45. The van der Waals surface area contributed by atoms with Gasteiger partial charge >= 0.3 is 0 Å². The van der Waals surface area contributed by atoms with Crippen molar-refractivity contribution in [2.75, 3.05) is 0 Å². The Hall–Kier alpha value is -0.790. The molecule has 0 aliphatic rings. The summed E-state index contributed by atoms with van der Waals surface area (Å²) >= 11 is 8.45. The van der Waals surface area contributed by atoms with Crippen LogP contribution < -0.4 is 0 Å². The van der Waals surface area contributed by atoms with E-state index in [4.69, 9.17) is 11.6 Å². The predicted molar refractivity (Wildman–Crippen MR) is 82.0 cm³/mol. The van der Waals surface area contributed by atoms with Gasteiger partial charge in [-0.05, 0) is 53.5 Å². The van der Waals surface area contributed by atoms with E-state index in [1.54, 1.807) is 11.3 Å². The second-order valence-corrected chi connectivity index (χ2v) is 5.95. The predicted octanol–water partition coefficient (Wildman–Crippen LogP) is 5.51. The highest BCUT2D eigenvalue weighted by Gasteiger charge is 2.17. The Labute approximate surface area is 119 Å². The first-order valence-corrected chi connectivity index (χ1v) is 7.78. The van der Waals surface area contributed by atoms with Crippen LogP contribution in [0.2, 0.25) is 0 Å². The van der Waals surface area contributed by atoms with Crippen molar-refractivity contribution in [3.8, 4) is 0 Å². The smallest absolute Gasteiger partial charge is 0.0933 e. The molecule has 0 amide bonds. The highest BCUT2D eigenvalue weighted by Crippen LogP contribution is 2.36. The van der Waals surface area contributed by atoms with Gasteiger partial charge in [-0.25, -0.2) is 0 Å². The van der Waals surface area contributed by atoms with Gasteiger partial charge in [0.2, 0.25) is 0 Å². The quantitative estimate of drug-likeness (QED) is 0.647. The van der Waals surface area contributed by atoms with Crippen LogP contribution in [0.3, 0.4) is 0 Å². The van der Waals surface area contributed by atoms with Crippen LogP contribution in [0.15, 0.2) is 29.6 Å². The normalized spacial score (nSPS) is 12.7. The summed E-state index contributed by atoms with van der Waals surface area (Å²) in [6.07, 6.45) is 2.09. The van der Waals surface area contributed by atoms with Crippen LogP contribution in [0, 0.1) is 6.92 Å². The minimum atomic E-state index is -0.00792. The molecule has 1 unspecified atom stereocenters. The second-order valence-electron chi connectivity index (χ2n) is 4.57. The van der Waals surface area contributed by atoms with Crippen molar-refractivity contribution in [2.45, 2.75) is 39.0 Å². The van der Waals surface area contributed by atoms with E-state index in [1.807, 2.05) is 0 Å². The van der Waals surface area contributed by atoms with Crippen LogP contribution in [0.4, 0.5) is 0 Å². The van der Waals surface area contributed by atoms with Crippen molar-refractivity contribution in [1.82, 2.24) is 0 Å². The van der Waals surface area contributed by atoms with Gasteiger partial charge in [0, 0.05) is 4.88 Å². The zero-order chi connectivity index (χ0) is 13.1. The van der Waals surface area contributed by atoms with E-state index in [0.717, 1.165) is 12.8 Å². The molecule has 1 aromatic heterocycles. The standard InChI is InChI=1S/C16H19ClS/c1-4-12-6-7-13(5-2)14(10-12)15(17)16-11(3)8-9-18-16/h6-10,15H,4-5H2,1-3H3. The maximum absolute atomic E-state index is 6.70. The van der Waals surface area contributed by atoms with E-state index in [9.17, 15) is 0 Å². The van der Waals surface area contributed by atoms with Crippen molar-refractivity contribution < 1.29 is 0 Å². The second kappa shape index (κ2) is 5.90. The molecule has 0 N–H and O–H groups in total. The van der Waals surface area contributed by atoms with Crippen LogP contribution in [0.25, 0.3) is 0 Å². The van der Waals surface area contributed by atoms with Crippen LogP contribution in [-0.4, -0.2) is 0 Å². The van der Waals surface area contributed by atoms with E-state index < -0.39 is 0 Å². The summed E-state index contributed by atoms with van der Waals surface area (Å²) in [5, 5.41) is 2.11. The molecule has 0 fully saturated rings. The fourth-order valence-electron chi connectivity index (χ4n) is 2.21. The van der Waals surface area contributed by atoms with E-state index in [0.29, 0.717) is 0 Å². The lowest BCUT2D eigenvalue weighted by molar-refractivity contribution is 1.02. The molecule has 0 bridgehead atoms. The van der Waals surface area contributed by atoms with E-state index in [2.05, 4.69) is 50.4 Å². The topological polar surface area (TPSA) is 0 Å². The fourth-order valence-corrected chi connectivity index (χ4v) is 3.66. The van der Waals surface area contributed by atoms with Crippen molar-refractivity contribution in [3.05, 3.63) is 56.8 Å². The first-order valence-electron chi connectivity index (χ1n) is 6.47. The highest BCUT2D eigenvalue weighted by atomic mass is 35.5. The van der Waals surface area contributed by atoms with Crippen molar-refractivity contribution >= 4 is 22.9 Å². The van der Waals surface area contributed by atoms with Gasteiger partial charge in [0.15, 0.2) is 0 Å². The largest absolute Gasteiger partial charge is 0.147 e. The molecule has 1 heterocycles. The number of rotatable bonds is 4. The van der Waals surface area contributed by atoms with Gasteiger partial charge < -0.3 is 0 Å². The Morgan fingerprint density at radius 1 is 1.17 bits per heavy atom. The molecule has 0 nitrogen and oxygen atoms in total. The molecule has 0 aliphatic carbocycles. The fraction of sp³-hybridized carbons (Fsp3) is 0.375. The van der Waals surface area contributed by atoms with E-state index in [-0.39, 0.29) is 5.38 Å². The molecule has 0 saturated heterocycles. The number of hydrogen-bond acceptors (Lipinski definition) is 1. The maximum atomic E-state index is 6.70. The maximum Gasteiger partial charge on any atom is 0.0933 e. The molecule has 96 valence electrons. The summed E-state index contributed by atoms with van der Waals surface area (Å²) in [7, 11) is 0. The molecule has 0 saturated carbocycles. The number of hydrogen-bond donors (Lipinski definition) is 0. The number of benzene rings is 1. The number of alkyl halides is 1. The van der Waals surface area contributed by atoms with Crippen LogP contribution in [-0.2, 0) is 12.8 Å². The highest BCUT2D eigenvalue weighted by molar-refractivity contribution is 7.10. The third-order valence-electron chi connectivity index (χ3n) is 3.40. The van der Waals surface area contributed by atoms with E-state index in [1.165, 1.54) is 27.1 Å². The molecule has 0 radical (unpaired) electrons. The van der Waals surface area contributed by atoms with Crippen molar-refractivity contribution in [2.24, 2.45) is 0 Å². The lowest BCUT2D eigenvalue weighted by Crippen LogP contribution is -1.99. The Morgan fingerprint density at radius 2 is 1.94 bits per heavy atom. The summed E-state index contributed by atoms with van der Waals surface area (Å²) in [4.78, 5) is 1.28. The van der Waals surface area contributed by atoms with Crippen molar-refractivity contribution in [1.29, 1.82) is 0 Å². The molecule has 0 aliphatic heterocycles. The zero-order valence-electron chi connectivity index (χ0n) is 11.2. The third kappa shape index (κ3) is 2.62. The minimum absolute atomic E-state index is 0.00792. The van der Waals surface area contributed by atoms with Gasteiger partial charge in [-0.2, -0.15) is 0 Å². The van der Waals surface area contributed by atoms with Crippen LogP contribution in [0.5, 0.6) is 0 Å². The Morgan fingerprint density at radius 3 is 2.50 bits per heavy atom. The van der Waals surface area contributed by atoms with Crippen molar-refractivity contribution in [3.63, 3.8) is 0 Å². The molecular formula is C16H19ClS. The molecule has 2 rings (SSSR count). The summed E-state index contributed by atoms with van der Waals surface area (Å²) in [6, 6.07) is 8.86. The summed E-state index contributed by atoms with van der Waals surface area (Å²) in [6.45, 7) is 6.51. The first-order chi connectivity index (χ1) is 8.67. The number of aryl methyl sites for hydroxylation is 3. The lowest BCUT2D eigenvalue weighted by atomic mass is 9.97. The van der Waals surface area contributed by atoms with Gasteiger partial charge in [0.25, 0.3) is 0 Å². The van der Waals surface area contributed by atoms with Gasteiger partial charge in [0.05, 0.1) is 5.38 Å². The van der Waals surface area contributed by atoms with E-state index >= 15 is 0 Å². The average Bonchev–Trinajstić information content (AvgIpc) is 2.83. The molecule has 18 heavy (non-hydrogen) atoms. The third-order valence-corrected chi connectivity index (χ3v) is 5.07.